The second-order valence-electron chi connectivity index (χ2n) is 4.17. The van der Waals surface area contributed by atoms with Gasteiger partial charge in [-0.3, -0.25) is 15.5 Å². The molecule has 0 aliphatic carbocycles. The molecule has 0 saturated heterocycles. The molecule has 0 radical (unpaired) electrons. The molecule has 0 spiro atoms. The largest absolute Gasteiger partial charge is 0.473 e. The Labute approximate surface area is 105 Å². The Balaban J connectivity index is 2.69. The number of nitrogens with two attached hydrogens (primary N) is 1. The third-order valence-electron chi connectivity index (χ3n) is 2.23. The van der Waals surface area contributed by atoms with E-state index < -0.39 is 4.92 Å². The van der Waals surface area contributed by atoms with E-state index in [0.717, 1.165) is 19.0 Å². The molecule has 0 aromatic carbocycles. The van der Waals surface area contributed by atoms with Gasteiger partial charge >= 0.3 is 5.69 Å². The number of hydrogen-bond acceptors (Lipinski definition) is 7. The summed E-state index contributed by atoms with van der Waals surface area (Å²) in [6, 6.07) is 0. The molecule has 0 aliphatic rings. The molecule has 8 nitrogen and oxygen atoms in total. The van der Waals surface area contributed by atoms with Crippen molar-refractivity contribution in [3.63, 3.8) is 0 Å². The maximum absolute atomic E-state index is 10.8. The van der Waals surface area contributed by atoms with Crippen LogP contribution in [0.2, 0.25) is 0 Å². The molecule has 100 valence electrons. The summed E-state index contributed by atoms with van der Waals surface area (Å²) in [5.41, 5.74) is 1.95. The van der Waals surface area contributed by atoms with E-state index in [-0.39, 0.29) is 17.5 Å². The molecular weight excluding hydrogens is 238 g/mol. The Morgan fingerprint density at radius 1 is 1.61 bits per heavy atom. The zero-order chi connectivity index (χ0) is 13.5. The van der Waals surface area contributed by atoms with Gasteiger partial charge in [0.2, 0.25) is 5.95 Å². The van der Waals surface area contributed by atoms with Crippen LogP contribution < -0.4 is 16.0 Å². The van der Waals surface area contributed by atoms with Crippen molar-refractivity contribution in [2.75, 3.05) is 12.0 Å². The summed E-state index contributed by atoms with van der Waals surface area (Å²) in [4.78, 5) is 17.7. The van der Waals surface area contributed by atoms with Crippen LogP contribution in [0.15, 0.2) is 6.20 Å². The highest BCUT2D eigenvalue weighted by atomic mass is 16.6. The fraction of sp³-hybridized carbons (Fsp3) is 0.600. The highest BCUT2D eigenvalue weighted by molar-refractivity contribution is 5.42. The normalized spacial score (nSPS) is 10.4. The van der Waals surface area contributed by atoms with Crippen molar-refractivity contribution in [2.45, 2.75) is 26.7 Å². The fourth-order valence-electron chi connectivity index (χ4n) is 1.32. The molecule has 1 aromatic rings. The molecule has 1 heterocycles. The molecule has 18 heavy (non-hydrogen) atoms. The lowest BCUT2D eigenvalue weighted by atomic mass is 10.1. The lowest BCUT2D eigenvalue weighted by molar-refractivity contribution is -0.386. The van der Waals surface area contributed by atoms with Crippen LogP contribution in [0.3, 0.4) is 0 Å². The zero-order valence-electron chi connectivity index (χ0n) is 10.4. The lowest BCUT2D eigenvalue weighted by Crippen LogP contribution is -2.12. The first-order valence-electron chi connectivity index (χ1n) is 5.65. The van der Waals surface area contributed by atoms with E-state index in [0.29, 0.717) is 12.5 Å². The minimum Gasteiger partial charge on any atom is -0.473 e. The van der Waals surface area contributed by atoms with Crippen molar-refractivity contribution in [1.29, 1.82) is 0 Å². The summed E-state index contributed by atoms with van der Waals surface area (Å²) in [5, 5.41) is 10.8. The molecule has 0 atom stereocenters. The number of hydrogen-bond donors (Lipinski definition) is 2. The number of nitrogens with zero attached hydrogens (tertiary/aromatic N) is 3. The summed E-state index contributed by atoms with van der Waals surface area (Å²) in [6.07, 6.45) is 2.87. The van der Waals surface area contributed by atoms with Gasteiger partial charge in [0.05, 0.1) is 11.5 Å². The van der Waals surface area contributed by atoms with Gasteiger partial charge < -0.3 is 4.74 Å². The van der Waals surface area contributed by atoms with Crippen LogP contribution in [0.4, 0.5) is 11.6 Å². The number of nitrogens with one attached hydrogen (secondary N) is 1. The molecule has 0 saturated carbocycles. The van der Waals surface area contributed by atoms with Crippen LogP contribution in [0, 0.1) is 16.0 Å². The number of rotatable bonds is 7. The van der Waals surface area contributed by atoms with E-state index in [4.69, 9.17) is 10.6 Å². The Kier molecular flexibility index (Phi) is 5.25. The van der Waals surface area contributed by atoms with Crippen molar-refractivity contribution < 1.29 is 9.66 Å². The van der Waals surface area contributed by atoms with Crippen LogP contribution in [0.1, 0.15) is 26.7 Å². The number of nitro groups is 1. The molecule has 0 amide bonds. The molecule has 0 aliphatic heterocycles. The molecule has 0 fully saturated rings. The van der Waals surface area contributed by atoms with Crippen LogP contribution in [0.25, 0.3) is 0 Å². The third kappa shape index (κ3) is 4.13. The highest BCUT2D eigenvalue weighted by Crippen LogP contribution is 2.24. The Hall–Kier alpha value is -1.96. The fourth-order valence-corrected chi connectivity index (χ4v) is 1.32. The topological polar surface area (TPSA) is 116 Å². The van der Waals surface area contributed by atoms with Crippen molar-refractivity contribution >= 4 is 11.6 Å². The maximum atomic E-state index is 10.8. The monoisotopic (exact) mass is 255 g/mol. The van der Waals surface area contributed by atoms with Crippen LogP contribution in [-0.2, 0) is 0 Å². The standard InChI is InChI=1S/C10H17N5O3/c1-7(2)4-3-5-18-9-8(15(16)17)6-12-10(13-9)14-11/h6-7H,3-5,11H2,1-2H3,(H,12,13,14). The SMILES string of the molecule is CC(C)CCCOc1nc(NN)ncc1[N+](=O)[O-]. The first kappa shape index (κ1) is 14.1. The van der Waals surface area contributed by atoms with Crippen molar-refractivity contribution in [2.24, 2.45) is 11.8 Å². The van der Waals surface area contributed by atoms with Gasteiger partial charge in [0.1, 0.15) is 6.20 Å². The first-order chi connectivity index (χ1) is 8.54. The predicted octanol–water partition coefficient (Wildman–Crippen LogP) is 1.49. The highest BCUT2D eigenvalue weighted by Gasteiger charge is 2.18. The molecule has 1 aromatic heterocycles. The summed E-state index contributed by atoms with van der Waals surface area (Å²) in [6.45, 7) is 4.58. The van der Waals surface area contributed by atoms with E-state index in [1.807, 2.05) is 0 Å². The van der Waals surface area contributed by atoms with Crippen LogP contribution in [0.5, 0.6) is 5.88 Å². The van der Waals surface area contributed by atoms with Gasteiger partial charge in [0.15, 0.2) is 0 Å². The Morgan fingerprint density at radius 3 is 2.89 bits per heavy atom. The number of ether oxygens (including phenoxy) is 1. The predicted molar refractivity (Wildman–Crippen MR) is 66.1 cm³/mol. The van der Waals surface area contributed by atoms with Gasteiger partial charge in [0, 0.05) is 0 Å². The molecule has 0 unspecified atom stereocenters. The van der Waals surface area contributed by atoms with Gasteiger partial charge in [-0.15, -0.1) is 0 Å². The molecule has 8 heteroatoms. The Bertz CT molecular complexity index is 410. The number of hydrazine groups is 1. The molecule has 0 bridgehead atoms. The second kappa shape index (κ2) is 6.70. The quantitative estimate of drug-likeness (QED) is 0.328. The van der Waals surface area contributed by atoms with Crippen molar-refractivity contribution in [1.82, 2.24) is 9.97 Å². The lowest BCUT2D eigenvalue weighted by Gasteiger charge is -2.07. The number of anilines is 1. The van der Waals surface area contributed by atoms with E-state index in [1.165, 1.54) is 0 Å². The summed E-state index contributed by atoms with van der Waals surface area (Å²) in [5.74, 6) is 5.72. The third-order valence-corrected chi connectivity index (χ3v) is 2.23. The van der Waals surface area contributed by atoms with Gasteiger partial charge in [-0.1, -0.05) is 13.8 Å². The van der Waals surface area contributed by atoms with Crippen molar-refractivity contribution in [3.8, 4) is 5.88 Å². The summed E-state index contributed by atoms with van der Waals surface area (Å²) < 4.78 is 5.30. The van der Waals surface area contributed by atoms with Gasteiger partial charge in [-0.2, -0.15) is 4.98 Å². The Morgan fingerprint density at radius 2 is 2.33 bits per heavy atom. The number of aromatic nitrogens is 2. The summed E-state index contributed by atoms with van der Waals surface area (Å²) in [7, 11) is 0. The van der Waals surface area contributed by atoms with Gasteiger partial charge in [-0.05, 0) is 18.8 Å². The minimum atomic E-state index is -0.585. The van der Waals surface area contributed by atoms with Crippen LogP contribution in [-0.4, -0.2) is 21.5 Å². The van der Waals surface area contributed by atoms with E-state index in [1.54, 1.807) is 0 Å². The van der Waals surface area contributed by atoms with Gasteiger partial charge in [-0.25, -0.2) is 10.8 Å². The van der Waals surface area contributed by atoms with E-state index >= 15 is 0 Å². The molecule has 1 rings (SSSR count). The summed E-state index contributed by atoms with van der Waals surface area (Å²) >= 11 is 0. The minimum absolute atomic E-state index is 0.0632. The van der Waals surface area contributed by atoms with E-state index in [2.05, 4.69) is 29.2 Å². The molecular formula is C10H17N5O3. The maximum Gasteiger partial charge on any atom is 0.349 e. The average molecular weight is 255 g/mol. The van der Waals surface area contributed by atoms with Crippen molar-refractivity contribution in [3.05, 3.63) is 16.3 Å². The van der Waals surface area contributed by atoms with Crippen LogP contribution >= 0.6 is 0 Å². The zero-order valence-corrected chi connectivity index (χ0v) is 10.4. The smallest absolute Gasteiger partial charge is 0.349 e. The second-order valence-corrected chi connectivity index (χ2v) is 4.17. The number of nitrogen functional groups attached to an aromatic ring is 1. The first-order valence-corrected chi connectivity index (χ1v) is 5.65. The average Bonchev–Trinajstić information content (AvgIpc) is 2.33. The molecule has 3 N–H and O–H groups in total. The van der Waals surface area contributed by atoms with Gasteiger partial charge in [0.25, 0.3) is 5.88 Å². The van der Waals surface area contributed by atoms with E-state index in [9.17, 15) is 10.1 Å².